The van der Waals surface area contributed by atoms with Gasteiger partial charge in [0.2, 0.25) is 11.8 Å². The molecule has 0 bridgehead atoms. The number of halogens is 7. The molecule has 2 aliphatic rings. The van der Waals surface area contributed by atoms with Crippen molar-refractivity contribution < 1.29 is 53.8 Å². The van der Waals surface area contributed by atoms with Gasteiger partial charge in [-0.25, -0.2) is 12.8 Å². The molecule has 2 aromatic carbocycles. The van der Waals surface area contributed by atoms with Crippen LogP contribution >= 0.6 is 0 Å². The Balaban J connectivity index is 1.86. The van der Waals surface area contributed by atoms with Gasteiger partial charge in [-0.15, -0.1) is 0 Å². The highest BCUT2D eigenvalue weighted by molar-refractivity contribution is 7.90. The summed E-state index contributed by atoms with van der Waals surface area (Å²) in [6, 6.07) is 6.68. The number of hydrogen-bond acceptors (Lipinski definition) is 5. The van der Waals surface area contributed by atoms with E-state index in [1.54, 1.807) is 5.32 Å². The van der Waals surface area contributed by atoms with Gasteiger partial charge in [-0.2, -0.15) is 26.3 Å². The van der Waals surface area contributed by atoms with Gasteiger partial charge in [0, 0.05) is 25.3 Å². The van der Waals surface area contributed by atoms with Crippen LogP contribution in [0.4, 0.5) is 30.7 Å². The Morgan fingerprint density at radius 2 is 1.67 bits per heavy atom. The summed E-state index contributed by atoms with van der Waals surface area (Å²) in [5, 5.41) is 12.3. The molecule has 2 unspecified atom stereocenters. The zero-order chi connectivity index (χ0) is 32.2. The second kappa shape index (κ2) is 10.8. The summed E-state index contributed by atoms with van der Waals surface area (Å²) in [7, 11) is -3.73. The number of hydrogen-bond donors (Lipinski definition) is 2. The molecule has 1 aliphatic carbocycles. The molecule has 0 fully saturated rings. The van der Waals surface area contributed by atoms with Crippen LogP contribution in [0.5, 0.6) is 0 Å². The number of nitrogens with zero attached hydrogens (tertiary/aromatic N) is 1. The van der Waals surface area contributed by atoms with E-state index in [9.17, 15) is 53.8 Å². The average Bonchev–Trinajstić information content (AvgIpc) is 2.90. The lowest BCUT2D eigenvalue weighted by atomic mass is 9.72. The standard InChI is InChI=1S/C28H25F7N2O5S/c1-16(38)37-14-11-18-15-19(43(2,41)42)7-8-21(18)23(37)24(39)36-25(26(40,27(30,31)32)28(33,34)35)12-9-17(10-13-25)20-5-3-4-6-22(20)29/h3-10,12,15,23,40H,11,13-14H2,1-2H3,(H,36,39). The molecular weight excluding hydrogens is 609 g/mol. The Hall–Kier alpha value is -3.72. The molecule has 15 heteroatoms. The summed E-state index contributed by atoms with van der Waals surface area (Å²) in [5.41, 5.74) is -9.16. The van der Waals surface area contributed by atoms with Crippen LogP contribution in [0.1, 0.15) is 36.1 Å². The van der Waals surface area contributed by atoms with E-state index in [-0.39, 0.29) is 40.1 Å². The van der Waals surface area contributed by atoms with Crippen LogP contribution in [0.3, 0.4) is 0 Å². The molecule has 1 heterocycles. The van der Waals surface area contributed by atoms with Gasteiger partial charge in [0.1, 0.15) is 17.4 Å². The molecule has 2 atom stereocenters. The number of rotatable bonds is 5. The van der Waals surface area contributed by atoms with Crippen LogP contribution in [0.15, 0.2) is 65.6 Å². The van der Waals surface area contributed by atoms with Crippen molar-refractivity contribution in [2.24, 2.45) is 0 Å². The molecule has 0 radical (unpaired) electrons. The smallest absolute Gasteiger partial charge is 0.372 e. The molecule has 232 valence electrons. The van der Waals surface area contributed by atoms with E-state index in [4.69, 9.17) is 0 Å². The predicted molar refractivity (Wildman–Crippen MR) is 139 cm³/mol. The van der Waals surface area contributed by atoms with Crippen molar-refractivity contribution in [1.82, 2.24) is 10.2 Å². The average molecular weight is 635 g/mol. The van der Waals surface area contributed by atoms with Crippen molar-refractivity contribution in [2.75, 3.05) is 12.8 Å². The van der Waals surface area contributed by atoms with E-state index < -0.39 is 63.4 Å². The van der Waals surface area contributed by atoms with Crippen molar-refractivity contribution in [3.63, 3.8) is 0 Å². The molecule has 0 spiro atoms. The number of carbonyl (C=O) groups is 2. The molecule has 43 heavy (non-hydrogen) atoms. The highest BCUT2D eigenvalue weighted by atomic mass is 32.2. The number of fused-ring (bicyclic) bond motifs is 1. The Bertz CT molecular complexity index is 1620. The summed E-state index contributed by atoms with van der Waals surface area (Å²) >= 11 is 0. The van der Waals surface area contributed by atoms with Crippen molar-refractivity contribution in [1.29, 1.82) is 0 Å². The van der Waals surface area contributed by atoms with Crippen molar-refractivity contribution >= 4 is 27.2 Å². The summed E-state index contributed by atoms with van der Waals surface area (Å²) < 4.78 is 124. The van der Waals surface area contributed by atoms with Crippen LogP contribution < -0.4 is 5.32 Å². The summed E-state index contributed by atoms with van der Waals surface area (Å²) in [6.07, 6.45) is -11.2. The van der Waals surface area contributed by atoms with Gasteiger partial charge >= 0.3 is 12.4 Å². The van der Waals surface area contributed by atoms with Crippen LogP contribution in [0.25, 0.3) is 5.57 Å². The first-order valence-electron chi connectivity index (χ1n) is 12.7. The number of allylic oxidation sites excluding steroid dienone is 2. The molecule has 2 amide bonds. The van der Waals surface area contributed by atoms with E-state index in [1.165, 1.54) is 24.3 Å². The van der Waals surface area contributed by atoms with Crippen molar-refractivity contribution in [3.05, 3.63) is 83.2 Å². The van der Waals surface area contributed by atoms with Crippen molar-refractivity contribution in [2.45, 2.75) is 54.2 Å². The highest BCUT2D eigenvalue weighted by Gasteiger charge is 2.79. The fourth-order valence-corrected chi connectivity index (χ4v) is 6.07. The molecule has 0 saturated heterocycles. The fraction of sp³-hybridized carbons (Fsp3) is 0.357. The minimum atomic E-state index is -6.37. The molecular formula is C28H25F7N2O5S. The second-order valence-corrected chi connectivity index (χ2v) is 12.4. The summed E-state index contributed by atoms with van der Waals surface area (Å²) in [6.45, 7) is 0.828. The molecule has 2 aromatic rings. The van der Waals surface area contributed by atoms with Crippen LogP contribution in [-0.2, 0) is 25.8 Å². The first kappa shape index (κ1) is 32.2. The molecule has 1 aliphatic heterocycles. The molecule has 2 N–H and O–H groups in total. The van der Waals surface area contributed by atoms with Gasteiger partial charge in [0.15, 0.2) is 9.84 Å². The lowest BCUT2D eigenvalue weighted by Crippen LogP contribution is -2.76. The van der Waals surface area contributed by atoms with Crippen LogP contribution in [-0.4, -0.2) is 66.5 Å². The highest BCUT2D eigenvalue weighted by Crippen LogP contribution is 2.53. The van der Waals surface area contributed by atoms with E-state index in [0.717, 1.165) is 48.4 Å². The zero-order valence-electron chi connectivity index (χ0n) is 22.6. The van der Waals surface area contributed by atoms with Crippen molar-refractivity contribution in [3.8, 4) is 0 Å². The number of sulfone groups is 1. The quantitative estimate of drug-likeness (QED) is 0.474. The maximum absolute atomic E-state index is 14.4. The topological polar surface area (TPSA) is 104 Å². The molecule has 7 nitrogen and oxygen atoms in total. The number of alkyl halides is 6. The van der Waals surface area contributed by atoms with E-state index in [0.29, 0.717) is 6.08 Å². The number of carbonyl (C=O) groups excluding carboxylic acids is 2. The van der Waals surface area contributed by atoms with Crippen LogP contribution in [0.2, 0.25) is 0 Å². The van der Waals surface area contributed by atoms with E-state index in [2.05, 4.69) is 0 Å². The third kappa shape index (κ3) is 5.55. The van der Waals surface area contributed by atoms with Crippen LogP contribution in [0, 0.1) is 5.82 Å². The van der Waals surface area contributed by atoms with Gasteiger partial charge in [-0.1, -0.05) is 42.5 Å². The fourth-order valence-electron chi connectivity index (χ4n) is 5.40. The number of benzene rings is 2. The minimum Gasteiger partial charge on any atom is -0.372 e. The molecule has 0 saturated carbocycles. The Morgan fingerprint density at radius 3 is 2.19 bits per heavy atom. The first-order chi connectivity index (χ1) is 19.7. The van der Waals surface area contributed by atoms with Gasteiger partial charge < -0.3 is 15.3 Å². The maximum atomic E-state index is 14.4. The third-order valence-corrected chi connectivity index (χ3v) is 8.72. The number of nitrogens with one attached hydrogen (secondary N) is 1. The normalized spacial score (nSPS) is 21.2. The Kier molecular flexibility index (Phi) is 8.07. The first-order valence-corrected chi connectivity index (χ1v) is 14.5. The lowest BCUT2D eigenvalue weighted by Gasteiger charge is -2.48. The van der Waals surface area contributed by atoms with Gasteiger partial charge in [0.25, 0.3) is 5.60 Å². The van der Waals surface area contributed by atoms with E-state index in [1.807, 2.05) is 0 Å². The third-order valence-electron chi connectivity index (χ3n) is 7.61. The molecule has 0 aromatic heterocycles. The van der Waals surface area contributed by atoms with E-state index >= 15 is 0 Å². The Morgan fingerprint density at radius 1 is 1.05 bits per heavy atom. The second-order valence-electron chi connectivity index (χ2n) is 10.3. The maximum Gasteiger partial charge on any atom is 0.429 e. The molecule has 4 rings (SSSR count). The lowest BCUT2D eigenvalue weighted by molar-refractivity contribution is -0.385. The number of aliphatic hydroxyl groups is 1. The van der Waals surface area contributed by atoms with Gasteiger partial charge in [-0.05, 0) is 47.7 Å². The summed E-state index contributed by atoms with van der Waals surface area (Å²) in [4.78, 5) is 27.0. The SMILES string of the molecule is CC(=O)N1CCc2cc(S(C)(=O)=O)ccc2C1C(=O)NC1(C(O)(C(F)(F)F)C(F)(F)F)C=CC(c2ccccc2F)=CC1. The Labute approximate surface area is 241 Å². The van der Waals surface area contributed by atoms with Gasteiger partial charge in [0.05, 0.1) is 4.90 Å². The number of amides is 2. The zero-order valence-corrected chi connectivity index (χ0v) is 23.4. The monoisotopic (exact) mass is 634 g/mol. The minimum absolute atomic E-state index is 0.0218. The predicted octanol–water partition coefficient (Wildman–Crippen LogP) is 4.43. The largest absolute Gasteiger partial charge is 0.429 e. The summed E-state index contributed by atoms with van der Waals surface area (Å²) in [5.74, 6) is -3.06. The van der Waals surface area contributed by atoms with Gasteiger partial charge in [-0.3, -0.25) is 9.59 Å².